The summed E-state index contributed by atoms with van der Waals surface area (Å²) in [5.41, 5.74) is 0. The van der Waals surface area contributed by atoms with Gasteiger partial charge in [0.05, 0.1) is 7.11 Å². The van der Waals surface area contributed by atoms with Gasteiger partial charge < -0.3 is 19.6 Å². The zero-order valence-electron chi connectivity index (χ0n) is 12.2. The van der Waals surface area contributed by atoms with E-state index in [2.05, 4.69) is 4.74 Å². The summed E-state index contributed by atoms with van der Waals surface area (Å²) < 4.78 is 4.55. The molecule has 1 aliphatic heterocycles. The van der Waals surface area contributed by atoms with Gasteiger partial charge in [-0.1, -0.05) is 6.92 Å². The van der Waals surface area contributed by atoms with Gasteiger partial charge >= 0.3 is 18.0 Å². The lowest BCUT2D eigenvalue weighted by atomic mass is 9.91. The second-order valence-electron chi connectivity index (χ2n) is 4.97. The van der Waals surface area contributed by atoms with E-state index < -0.39 is 24.0 Å². The van der Waals surface area contributed by atoms with Crippen molar-refractivity contribution in [2.24, 2.45) is 5.92 Å². The summed E-state index contributed by atoms with van der Waals surface area (Å²) in [7, 11) is 1.25. The average molecular weight is 286 g/mol. The van der Waals surface area contributed by atoms with Crippen LogP contribution in [-0.2, 0) is 14.3 Å². The van der Waals surface area contributed by atoms with Gasteiger partial charge in [0.25, 0.3) is 0 Å². The highest BCUT2D eigenvalue weighted by Gasteiger charge is 2.38. The van der Waals surface area contributed by atoms with Gasteiger partial charge in [-0.25, -0.2) is 9.59 Å². The third-order valence-corrected chi connectivity index (χ3v) is 3.63. The summed E-state index contributed by atoms with van der Waals surface area (Å²) in [6, 6.07) is -1.25. The topological polar surface area (TPSA) is 87.2 Å². The number of ether oxygens (including phenoxy) is 1. The van der Waals surface area contributed by atoms with Crippen molar-refractivity contribution in [3.8, 4) is 0 Å². The predicted molar refractivity (Wildman–Crippen MR) is 71.2 cm³/mol. The van der Waals surface area contributed by atoms with Crippen molar-refractivity contribution in [3.05, 3.63) is 0 Å². The second-order valence-corrected chi connectivity index (χ2v) is 4.97. The molecule has 1 N–H and O–H groups in total. The van der Waals surface area contributed by atoms with E-state index in [9.17, 15) is 19.5 Å². The van der Waals surface area contributed by atoms with Gasteiger partial charge in [-0.15, -0.1) is 0 Å². The van der Waals surface area contributed by atoms with Crippen LogP contribution in [0.15, 0.2) is 0 Å². The average Bonchev–Trinajstić information content (AvgIpc) is 2.42. The fraction of sp³-hybridized carbons (Fsp3) is 0.769. The van der Waals surface area contributed by atoms with Gasteiger partial charge in [0.2, 0.25) is 0 Å². The van der Waals surface area contributed by atoms with Crippen LogP contribution in [0, 0.1) is 5.92 Å². The molecule has 2 amide bonds. The molecule has 0 aromatic heterocycles. The normalized spacial score (nSPS) is 22.2. The van der Waals surface area contributed by atoms with Crippen LogP contribution in [0.1, 0.15) is 26.7 Å². The predicted octanol–water partition coefficient (Wildman–Crippen LogP) is 0.786. The molecular formula is C13H22N2O5. The van der Waals surface area contributed by atoms with Crippen molar-refractivity contribution in [1.82, 2.24) is 9.80 Å². The quantitative estimate of drug-likeness (QED) is 0.772. The molecule has 114 valence electrons. The van der Waals surface area contributed by atoms with Crippen molar-refractivity contribution in [2.45, 2.75) is 32.7 Å². The Bertz CT molecular complexity index is 385. The van der Waals surface area contributed by atoms with Crippen molar-refractivity contribution in [3.63, 3.8) is 0 Å². The number of aliphatic carboxylic acids is 1. The monoisotopic (exact) mass is 286 g/mol. The molecule has 0 saturated carbocycles. The number of nitrogens with zero attached hydrogens (tertiary/aromatic N) is 2. The van der Waals surface area contributed by atoms with Crippen molar-refractivity contribution >= 4 is 18.0 Å². The Labute approximate surface area is 118 Å². The number of likely N-dealkylation sites (N-methyl/N-ethyl adjacent to an activating group) is 1. The minimum absolute atomic E-state index is 0.0953. The first kappa shape index (κ1) is 16.3. The molecule has 2 atom stereocenters. The van der Waals surface area contributed by atoms with Crippen molar-refractivity contribution in [2.75, 3.05) is 26.7 Å². The van der Waals surface area contributed by atoms with E-state index in [1.807, 2.05) is 6.92 Å². The Morgan fingerprint density at radius 2 is 2.05 bits per heavy atom. The van der Waals surface area contributed by atoms with Crippen molar-refractivity contribution in [1.29, 1.82) is 0 Å². The number of carboxylic acid groups (broad SMARTS) is 1. The van der Waals surface area contributed by atoms with E-state index in [0.717, 1.165) is 12.8 Å². The fourth-order valence-electron chi connectivity index (χ4n) is 2.50. The zero-order chi connectivity index (χ0) is 15.3. The molecule has 1 rings (SSSR count). The van der Waals surface area contributed by atoms with Crippen LogP contribution in [0.2, 0.25) is 0 Å². The minimum atomic E-state index is -1.00. The molecule has 1 fully saturated rings. The van der Waals surface area contributed by atoms with E-state index in [-0.39, 0.29) is 12.5 Å². The first-order valence-electron chi connectivity index (χ1n) is 6.77. The number of rotatable bonds is 4. The number of esters is 1. The Balaban J connectivity index is 2.85. The van der Waals surface area contributed by atoms with Crippen LogP contribution in [0.4, 0.5) is 4.79 Å². The smallest absolute Gasteiger partial charge is 0.326 e. The van der Waals surface area contributed by atoms with Gasteiger partial charge in [0, 0.05) is 13.1 Å². The molecule has 7 nitrogen and oxygen atoms in total. The van der Waals surface area contributed by atoms with E-state index in [4.69, 9.17) is 0 Å². The Hall–Kier alpha value is -1.79. The van der Waals surface area contributed by atoms with Gasteiger partial charge in [0.1, 0.15) is 12.6 Å². The standard InChI is InChI=1S/C13H22N2O5/c1-4-14(8-10(16)20-3)13(19)15-7-5-6-9(2)11(15)12(17)18/h9,11H,4-8H2,1-3H3,(H,17,18). The largest absolute Gasteiger partial charge is 0.480 e. The summed E-state index contributed by atoms with van der Waals surface area (Å²) >= 11 is 0. The lowest BCUT2D eigenvalue weighted by molar-refractivity contribution is -0.145. The highest BCUT2D eigenvalue weighted by atomic mass is 16.5. The van der Waals surface area contributed by atoms with Crippen LogP contribution >= 0.6 is 0 Å². The lowest BCUT2D eigenvalue weighted by Gasteiger charge is -2.39. The van der Waals surface area contributed by atoms with Crippen LogP contribution in [-0.4, -0.2) is 65.7 Å². The van der Waals surface area contributed by atoms with Crippen molar-refractivity contribution < 1.29 is 24.2 Å². The summed E-state index contributed by atoms with van der Waals surface area (Å²) in [5.74, 6) is -1.61. The van der Waals surface area contributed by atoms with E-state index >= 15 is 0 Å². The number of carbonyl (C=O) groups is 3. The summed E-state index contributed by atoms with van der Waals surface area (Å²) in [4.78, 5) is 37.7. The highest BCUT2D eigenvalue weighted by molar-refractivity contribution is 5.85. The number of piperidine rings is 1. The fourth-order valence-corrected chi connectivity index (χ4v) is 2.50. The highest BCUT2D eigenvalue weighted by Crippen LogP contribution is 2.24. The molecule has 1 aliphatic rings. The Morgan fingerprint density at radius 1 is 1.40 bits per heavy atom. The van der Waals surface area contributed by atoms with Crippen LogP contribution < -0.4 is 0 Å². The number of carboxylic acids is 1. The number of urea groups is 1. The number of carbonyl (C=O) groups excluding carboxylic acids is 2. The van der Waals surface area contributed by atoms with Gasteiger partial charge in [-0.3, -0.25) is 4.79 Å². The van der Waals surface area contributed by atoms with Gasteiger partial charge in [0.15, 0.2) is 0 Å². The van der Waals surface area contributed by atoms with Crippen LogP contribution in [0.3, 0.4) is 0 Å². The summed E-state index contributed by atoms with van der Waals surface area (Å²) in [5, 5.41) is 9.31. The molecule has 0 aromatic rings. The molecule has 7 heteroatoms. The third kappa shape index (κ3) is 3.61. The maximum absolute atomic E-state index is 12.4. The maximum Gasteiger partial charge on any atom is 0.326 e. The molecule has 1 saturated heterocycles. The third-order valence-electron chi connectivity index (χ3n) is 3.63. The molecule has 2 unspecified atom stereocenters. The molecule has 20 heavy (non-hydrogen) atoms. The van der Waals surface area contributed by atoms with E-state index in [1.54, 1.807) is 6.92 Å². The molecule has 0 aliphatic carbocycles. The molecule has 0 radical (unpaired) electrons. The molecule has 0 spiro atoms. The maximum atomic E-state index is 12.4. The van der Waals surface area contributed by atoms with Crippen LogP contribution in [0.5, 0.6) is 0 Å². The minimum Gasteiger partial charge on any atom is -0.480 e. The summed E-state index contributed by atoms with van der Waals surface area (Å²) in [6.07, 6.45) is 1.55. The van der Waals surface area contributed by atoms with Crippen LogP contribution in [0.25, 0.3) is 0 Å². The molecular weight excluding hydrogens is 264 g/mol. The Morgan fingerprint density at radius 3 is 2.55 bits per heavy atom. The number of hydrogen-bond acceptors (Lipinski definition) is 4. The van der Waals surface area contributed by atoms with E-state index in [1.165, 1.54) is 16.9 Å². The number of likely N-dealkylation sites (tertiary alicyclic amines) is 1. The molecule has 1 heterocycles. The van der Waals surface area contributed by atoms with Gasteiger partial charge in [-0.2, -0.15) is 0 Å². The first-order chi connectivity index (χ1) is 9.42. The second kappa shape index (κ2) is 7.12. The lowest BCUT2D eigenvalue weighted by Crippen LogP contribution is -2.56. The summed E-state index contributed by atoms with van der Waals surface area (Å²) in [6.45, 7) is 4.13. The molecule has 0 bridgehead atoms. The number of amides is 2. The SMILES string of the molecule is CCN(CC(=O)OC)C(=O)N1CCCC(C)C1C(=O)O. The number of hydrogen-bond donors (Lipinski definition) is 1. The zero-order valence-corrected chi connectivity index (χ0v) is 12.2. The molecule has 0 aromatic carbocycles. The van der Waals surface area contributed by atoms with Gasteiger partial charge in [-0.05, 0) is 25.7 Å². The number of methoxy groups -OCH3 is 1. The van der Waals surface area contributed by atoms with E-state index in [0.29, 0.717) is 13.1 Å². The first-order valence-corrected chi connectivity index (χ1v) is 6.77. The Kier molecular flexibility index (Phi) is 5.79.